The van der Waals surface area contributed by atoms with Crippen molar-refractivity contribution in [2.24, 2.45) is 0 Å². The molecule has 0 bridgehead atoms. The van der Waals surface area contributed by atoms with Crippen LogP contribution in [0.15, 0.2) is 0 Å². The second kappa shape index (κ2) is 7.54. The van der Waals surface area contributed by atoms with E-state index in [0.717, 1.165) is 32.5 Å². The van der Waals surface area contributed by atoms with E-state index in [0.29, 0.717) is 33.0 Å². The molecule has 0 aromatic heterocycles. The lowest BCUT2D eigenvalue weighted by molar-refractivity contribution is -0.0280. The lowest BCUT2D eigenvalue weighted by Gasteiger charge is -2.36. The normalized spacial score (nSPS) is 26.5. The van der Waals surface area contributed by atoms with Gasteiger partial charge in [0.05, 0.1) is 45.8 Å². The highest BCUT2D eigenvalue weighted by Gasteiger charge is 2.43. The van der Waals surface area contributed by atoms with Crippen molar-refractivity contribution in [1.82, 2.24) is 4.90 Å². The molecule has 2 saturated heterocycles. The van der Waals surface area contributed by atoms with Gasteiger partial charge in [0.1, 0.15) is 0 Å². The van der Waals surface area contributed by atoms with E-state index in [1.165, 1.54) is 0 Å². The van der Waals surface area contributed by atoms with Gasteiger partial charge in [0.25, 0.3) is 0 Å². The van der Waals surface area contributed by atoms with E-state index >= 15 is 0 Å². The number of hydrogen-bond acceptors (Lipinski definition) is 6. The van der Waals surface area contributed by atoms with Gasteiger partial charge in [0, 0.05) is 19.7 Å². The largest absolute Gasteiger partial charge is 0.515 e. The van der Waals surface area contributed by atoms with Gasteiger partial charge >= 0.3 is 8.80 Å². The van der Waals surface area contributed by atoms with Crippen LogP contribution in [0, 0.1) is 0 Å². The molecule has 7 heteroatoms. The number of morpholine rings is 1. The predicted molar refractivity (Wildman–Crippen MR) is 67.4 cm³/mol. The SMILES string of the molecule is CCO[Si]1(CN2CCOCC2)OCCOCCO1. The van der Waals surface area contributed by atoms with Crippen LogP contribution in [0.5, 0.6) is 0 Å². The fourth-order valence-corrected chi connectivity index (χ4v) is 4.75. The molecule has 2 fully saturated rings. The molecule has 0 unspecified atom stereocenters. The molecule has 0 amide bonds. The highest BCUT2D eigenvalue weighted by Crippen LogP contribution is 2.15. The van der Waals surface area contributed by atoms with E-state index in [1.54, 1.807) is 0 Å². The van der Waals surface area contributed by atoms with Crippen molar-refractivity contribution in [3.63, 3.8) is 0 Å². The Bertz CT molecular complexity index is 229. The van der Waals surface area contributed by atoms with Gasteiger partial charge in [-0.25, -0.2) is 0 Å². The van der Waals surface area contributed by atoms with Gasteiger partial charge in [-0.15, -0.1) is 0 Å². The molecule has 2 rings (SSSR count). The van der Waals surface area contributed by atoms with E-state index in [1.807, 2.05) is 6.92 Å². The van der Waals surface area contributed by atoms with Crippen molar-refractivity contribution in [1.29, 1.82) is 0 Å². The van der Waals surface area contributed by atoms with Crippen LogP contribution in [0.1, 0.15) is 6.92 Å². The first-order valence-corrected chi connectivity index (χ1v) is 8.57. The maximum Gasteiger partial charge on any atom is 0.515 e. The first-order chi connectivity index (χ1) is 8.85. The van der Waals surface area contributed by atoms with Crippen molar-refractivity contribution in [3.05, 3.63) is 0 Å². The Balaban J connectivity index is 1.93. The summed E-state index contributed by atoms with van der Waals surface area (Å²) in [7, 11) is -2.56. The minimum Gasteiger partial charge on any atom is -0.379 e. The molecule has 6 nitrogen and oxygen atoms in total. The fraction of sp³-hybridized carbons (Fsp3) is 1.00. The number of rotatable bonds is 4. The van der Waals surface area contributed by atoms with E-state index in [2.05, 4.69) is 4.90 Å². The summed E-state index contributed by atoms with van der Waals surface area (Å²) in [6.45, 7) is 8.35. The zero-order valence-electron chi connectivity index (χ0n) is 11.1. The zero-order valence-corrected chi connectivity index (χ0v) is 12.1. The van der Waals surface area contributed by atoms with Crippen molar-refractivity contribution < 1.29 is 22.8 Å². The van der Waals surface area contributed by atoms with Crippen LogP contribution in [0.4, 0.5) is 0 Å². The molecule has 0 aromatic rings. The topological polar surface area (TPSA) is 49.4 Å². The summed E-state index contributed by atoms with van der Waals surface area (Å²) in [5.74, 6) is 0. The number of ether oxygens (including phenoxy) is 2. The maximum atomic E-state index is 5.90. The van der Waals surface area contributed by atoms with Crippen molar-refractivity contribution >= 4 is 8.80 Å². The van der Waals surface area contributed by atoms with Gasteiger partial charge in [0.15, 0.2) is 0 Å². The molecule has 2 aliphatic heterocycles. The molecular formula is C11H23NO5Si. The van der Waals surface area contributed by atoms with Crippen LogP contribution < -0.4 is 0 Å². The van der Waals surface area contributed by atoms with Crippen LogP contribution in [-0.4, -0.2) is 79.2 Å². The van der Waals surface area contributed by atoms with Crippen LogP contribution in [0.3, 0.4) is 0 Å². The van der Waals surface area contributed by atoms with Gasteiger partial charge in [-0.1, -0.05) is 0 Å². The van der Waals surface area contributed by atoms with Crippen molar-refractivity contribution in [2.75, 3.05) is 65.5 Å². The molecule has 18 heavy (non-hydrogen) atoms. The van der Waals surface area contributed by atoms with Gasteiger partial charge in [-0.2, -0.15) is 0 Å². The van der Waals surface area contributed by atoms with E-state index in [-0.39, 0.29) is 0 Å². The molecule has 2 aliphatic rings. The smallest absolute Gasteiger partial charge is 0.379 e. The summed E-state index contributed by atoms with van der Waals surface area (Å²) in [4.78, 5) is 2.31. The van der Waals surface area contributed by atoms with Crippen LogP contribution in [0.25, 0.3) is 0 Å². The highest BCUT2D eigenvalue weighted by atomic mass is 28.4. The summed E-state index contributed by atoms with van der Waals surface area (Å²) < 4.78 is 28.3. The third-order valence-corrected chi connectivity index (χ3v) is 5.84. The quantitative estimate of drug-likeness (QED) is 0.669. The lowest BCUT2D eigenvalue weighted by atomic mass is 10.5. The van der Waals surface area contributed by atoms with Crippen LogP contribution in [0.2, 0.25) is 0 Å². The minimum absolute atomic E-state index is 0.552. The number of nitrogens with zero attached hydrogens (tertiary/aromatic N) is 1. The summed E-state index contributed by atoms with van der Waals surface area (Å²) in [5, 5.41) is 0. The molecule has 0 saturated carbocycles. The highest BCUT2D eigenvalue weighted by molar-refractivity contribution is 6.60. The summed E-state index contributed by atoms with van der Waals surface area (Å²) in [6, 6.07) is 0. The Morgan fingerprint density at radius 3 is 2.17 bits per heavy atom. The second-order valence-electron chi connectivity index (χ2n) is 4.31. The Kier molecular flexibility index (Phi) is 6.03. The Hall–Kier alpha value is -0.0231. The van der Waals surface area contributed by atoms with E-state index < -0.39 is 8.80 Å². The van der Waals surface area contributed by atoms with Crippen LogP contribution in [-0.2, 0) is 22.8 Å². The first kappa shape index (κ1) is 14.4. The zero-order chi connectivity index (χ0) is 12.7. The molecule has 0 spiro atoms. The Labute approximate surface area is 109 Å². The average Bonchev–Trinajstić information content (AvgIpc) is 2.36. The number of hydrogen-bond donors (Lipinski definition) is 0. The summed E-state index contributed by atoms with van der Waals surface area (Å²) >= 11 is 0. The van der Waals surface area contributed by atoms with Crippen LogP contribution >= 0.6 is 0 Å². The molecule has 0 atom stereocenters. The summed E-state index contributed by atoms with van der Waals surface area (Å²) in [5.41, 5.74) is 0. The maximum absolute atomic E-state index is 5.90. The third kappa shape index (κ3) is 4.27. The fourth-order valence-electron chi connectivity index (χ4n) is 2.13. The molecule has 2 heterocycles. The molecular weight excluding hydrogens is 254 g/mol. The Morgan fingerprint density at radius 1 is 0.944 bits per heavy atom. The monoisotopic (exact) mass is 277 g/mol. The standard InChI is InChI=1S/C11H23NO5Si/c1-2-15-18(11-12-3-5-13-6-4-12)16-9-7-14-8-10-17-18/h2-11H2,1H3. The van der Waals surface area contributed by atoms with Gasteiger partial charge < -0.3 is 22.8 Å². The summed E-state index contributed by atoms with van der Waals surface area (Å²) in [6.07, 6.45) is 0.754. The predicted octanol–water partition coefficient (Wildman–Crippen LogP) is -0.103. The van der Waals surface area contributed by atoms with Gasteiger partial charge in [0.2, 0.25) is 0 Å². The molecule has 0 aromatic carbocycles. The second-order valence-corrected chi connectivity index (χ2v) is 6.86. The molecule has 0 aliphatic carbocycles. The average molecular weight is 277 g/mol. The van der Waals surface area contributed by atoms with E-state index in [4.69, 9.17) is 22.8 Å². The lowest BCUT2D eigenvalue weighted by Crippen LogP contribution is -2.58. The first-order valence-electron chi connectivity index (χ1n) is 6.64. The molecule has 0 radical (unpaired) electrons. The molecule has 0 N–H and O–H groups in total. The van der Waals surface area contributed by atoms with Gasteiger partial charge in [-0.05, 0) is 6.92 Å². The minimum atomic E-state index is -2.56. The van der Waals surface area contributed by atoms with E-state index in [9.17, 15) is 0 Å². The van der Waals surface area contributed by atoms with Gasteiger partial charge in [-0.3, -0.25) is 4.90 Å². The Morgan fingerprint density at radius 2 is 1.56 bits per heavy atom. The van der Waals surface area contributed by atoms with Crippen molar-refractivity contribution in [3.8, 4) is 0 Å². The van der Waals surface area contributed by atoms with Crippen molar-refractivity contribution in [2.45, 2.75) is 6.92 Å². The third-order valence-electron chi connectivity index (χ3n) is 2.98. The molecule has 106 valence electrons.